The molecule has 2 heterocycles. The van der Waals surface area contributed by atoms with Crippen LogP contribution >= 0.6 is 0 Å². The first kappa shape index (κ1) is 8.05. The van der Waals surface area contributed by atoms with Gasteiger partial charge < -0.3 is 4.90 Å². The Morgan fingerprint density at radius 1 is 1.58 bits per heavy atom. The normalized spacial score (nSPS) is 29.1. The molecule has 0 amide bonds. The maximum Gasteiger partial charge on any atom is 0.102 e. The molecule has 1 N–H and O–H groups in total. The van der Waals surface area contributed by atoms with E-state index < -0.39 is 0 Å². The first-order valence-corrected chi connectivity index (χ1v) is 4.79. The summed E-state index contributed by atoms with van der Waals surface area (Å²) in [5, 5.41) is 3.39. The molecule has 0 aromatic carbocycles. The molecule has 2 aliphatic heterocycles. The molecule has 0 aromatic heterocycles. The molecule has 0 spiro atoms. The lowest BCUT2D eigenvalue weighted by Crippen LogP contribution is -2.49. The summed E-state index contributed by atoms with van der Waals surface area (Å²) in [6.07, 6.45) is 1.11. The molecule has 0 bridgehead atoms. The zero-order valence-corrected chi connectivity index (χ0v) is 7.88. The van der Waals surface area contributed by atoms with Gasteiger partial charge in [0.15, 0.2) is 0 Å². The second-order valence-electron chi connectivity index (χ2n) is 3.95. The fraction of sp³-hybridized carbons (Fsp3) is 0.889. The molecule has 12 heavy (non-hydrogen) atoms. The number of rotatable bonds is 1. The minimum atomic E-state index is 0.646. The van der Waals surface area contributed by atoms with Crippen LogP contribution in [-0.2, 0) is 0 Å². The molecule has 2 aliphatic rings. The fourth-order valence-electron chi connectivity index (χ4n) is 1.98. The number of aliphatic imine (C=N–C) groups is 1. The Labute approximate surface area is 73.9 Å². The van der Waals surface area contributed by atoms with Gasteiger partial charge in [0.25, 0.3) is 0 Å². The first-order chi connectivity index (χ1) is 5.79. The van der Waals surface area contributed by atoms with Crippen molar-refractivity contribution in [3.8, 4) is 0 Å². The van der Waals surface area contributed by atoms with Gasteiger partial charge in [-0.25, -0.2) is 0 Å². The molecule has 3 nitrogen and oxygen atoms in total. The van der Waals surface area contributed by atoms with Crippen molar-refractivity contribution in [2.24, 2.45) is 10.9 Å². The third-order valence-corrected chi connectivity index (χ3v) is 2.77. The van der Waals surface area contributed by atoms with Gasteiger partial charge in [-0.1, -0.05) is 13.8 Å². The Kier molecular flexibility index (Phi) is 2.05. The highest BCUT2D eigenvalue weighted by molar-refractivity contribution is 5.85. The number of hydrogen-bond acceptors (Lipinski definition) is 3. The van der Waals surface area contributed by atoms with Gasteiger partial charge in [-0.3, -0.25) is 10.3 Å². The Balaban J connectivity index is 2.06. The van der Waals surface area contributed by atoms with Gasteiger partial charge in [-0.05, 0) is 5.92 Å². The van der Waals surface area contributed by atoms with E-state index in [1.165, 1.54) is 5.84 Å². The minimum Gasteiger partial charge on any atom is -0.342 e. The van der Waals surface area contributed by atoms with E-state index in [0.29, 0.717) is 12.0 Å². The van der Waals surface area contributed by atoms with Crippen molar-refractivity contribution in [2.75, 3.05) is 19.8 Å². The summed E-state index contributed by atoms with van der Waals surface area (Å²) in [5.74, 6) is 2.04. The lowest BCUT2D eigenvalue weighted by Gasteiger charge is -2.33. The second-order valence-corrected chi connectivity index (χ2v) is 3.95. The minimum absolute atomic E-state index is 0.646. The largest absolute Gasteiger partial charge is 0.342 e. The standard InChI is InChI=1S/C9H17N3/c1-7(2)8-5-11-9-3-4-10-6-12(8)9/h7-8,10H,3-6H2,1-2H3. The lowest BCUT2D eigenvalue weighted by molar-refractivity contribution is 0.245. The van der Waals surface area contributed by atoms with Gasteiger partial charge in [0.2, 0.25) is 0 Å². The van der Waals surface area contributed by atoms with Gasteiger partial charge in [0.05, 0.1) is 19.3 Å². The fourth-order valence-corrected chi connectivity index (χ4v) is 1.98. The van der Waals surface area contributed by atoms with Gasteiger partial charge >= 0.3 is 0 Å². The van der Waals surface area contributed by atoms with E-state index in [1.807, 2.05) is 0 Å². The summed E-state index contributed by atoms with van der Waals surface area (Å²) >= 11 is 0. The molecule has 1 atom stereocenters. The average Bonchev–Trinajstić information content (AvgIpc) is 2.47. The van der Waals surface area contributed by atoms with E-state index in [9.17, 15) is 0 Å². The predicted octanol–water partition coefficient (Wildman–Crippen LogP) is 0.676. The van der Waals surface area contributed by atoms with Crippen LogP contribution in [0.1, 0.15) is 20.3 Å². The molecule has 1 unspecified atom stereocenters. The molecule has 68 valence electrons. The van der Waals surface area contributed by atoms with Crippen molar-refractivity contribution in [2.45, 2.75) is 26.3 Å². The van der Waals surface area contributed by atoms with Crippen LogP contribution in [0, 0.1) is 5.92 Å². The molecule has 0 saturated carbocycles. The third kappa shape index (κ3) is 1.22. The average molecular weight is 167 g/mol. The molecule has 1 saturated heterocycles. The van der Waals surface area contributed by atoms with Crippen LogP contribution in [0.15, 0.2) is 4.99 Å². The summed E-state index contributed by atoms with van der Waals surface area (Å²) in [6, 6.07) is 0.646. The van der Waals surface area contributed by atoms with Crippen LogP contribution in [0.2, 0.25) is 0 Å². The third-order valence-electron chi connectivity index (χ3n) is 2.77. The van der Waals surface area contributed by atoms with E-state index in [4.69, 9.17) is 0 Å². The van der Waals surface area contributed by atoms with Crippen LogP contribution in [0.3, 0.4) is 0 Å². The first-order valence-electron chi connectivity index (χ1n) is 4.79. The van der Waals surface area contributed by atoms with Crippen LogP contribution in [0.4, 0.5) is 0 Å². The van der Waals surface area contributed by atoms with Crippen molar-refractivity contribution in [3.05, 3.63) is 0 Å². The Bertz CT molecular complexity index is 198. The maximum absolute atomic E-state index is 4.56. The molecular formula is C9H17N3. The summed E-state index contributed by atoms with van der Waals surface area (Å²) in [5.41, 5.74) is 0. The molecule has 0 aromatic rings. The van der Waals surface area contributed by atoms with Crippen LogP contribution in [0.5, 0.6) is 0 Å². The zero-order valence-electron chi connectivity index (χ0n) is 7.88. The predicted molar refractivity (Wildman–Crippen MR) is 50.3 cm³/mol. The Hall–Kier alpha value is -0.570. The highest BCUT2D eigenvalue weighted by atomic mass is 15.3. The number of hydrogen-bond donors (Lipinski definition) is 1. The number of amidine groups is 1. The van der Waals surface area contributed by atoms with Gasteiger partial charge in [0.1, 0.15) is 5.84 Å². The highest BCUT2D eigenvalue weighted by Gasteiger charge is 2.30. The summed E-state index contributed by atoms with van der Waals surface area (Å²) in [4.78, 5) is 6.99. The summed E-state index contributed by atoms with van der Waals surface area (Å²) in [7, 11) is 0. The van der Waals surface area contributed by atoms with Crippen molar-refractivity contribution >= 4 is 5.84 Å². The van der Waals surface area contributed by atoms with E-state index in [0.717, 1.165) is 26.2 Å². The van der Waals surface area contributed by atoms with Gasteiger partial charge in [-0.15, -0.1) is 0 Å². The van der Waals surface area contributed by atoms with E-state index in [2.05, 4.69) is 29.1 Å². The van der Waals surface area contributed by atoms with E-state index >= 15 is 0 Å². The molecular weight excluding hydrogens is 150 g/mol. The lowest BCUT2D eigenvalue weighted by atomic mass is 10.0. The molecule has 0 radical (unpaired) electrons. The SMILES string of the molecule is CC(C)C1CN=C2CCNCN21. The zero-order chi connectivity index (χ0) is 8.55. The highest BCUT2D eigenvalue weighted by Crippen LogP contribution is 2.20. The monoisotopic (exact) mass is 167 g/mol. The summed E-state index contributed by atoms with van der Waals surface area (Å²) < 4.78 is 0. The number of fused-ring (bicyclic) bond motifs is 1. The van der Waals surface area contributed by atoms with Crippen molar-refractivity contribution in [3.63, 3.8) is 0 Å². The van der Waals surface area contributed by atoms with Gasteiger partial charge in [-0.2, -0.15) is 0 Å². The summed E-state index contributed by atoms with van der Waals surface area (Å²) in [6.45, 7) is 7.66. The number of nitrogens with one attached hydrogen (secondary N) is 1. The molecule has 0 aliphatic carbocycles. The molecule has 3 heteroatoms. The van der Waals surface area contributed by atoms with E-state index in [1.54, 1.807) is 0 Å². The van der Waals surface area contributed by atoms with Crippen LogP contribution in [0.25, 0.3) is 0 Å². The van der Waals surface area contributed by atoms with Crippen molar-refractivity contribution < 1.29 is 0 Å². The quantitative estimate of drug-likeness (QED) is 0.622. The van der Waals surface area contributed by atoms with Crippen molar-refractivity contribution in [1.29, 1.82) is 0 Å². The van der Waals surface area contributed by atoms with Crippen molar-refractivity contribution in [1.82, 2.24) is 10.2 Å². The molecule has 2 rings (SSSR count). The second kappa shape index (κ2) is 3.05. The molecule has 1 fully saturated rings. The maximum atomic E-state index is 4.56. The Morgan fingerprint density at radius 3 is 3.17 bits per heavy atom. The number of nitrogens with zero attached hydrogens (tertiary/aromatic N) is 2. The Morgan fingerprint density at radius 2 is 2.42 bits per heavy atom. The smallest absolute Gasteiger partial charge is 0.102 e. The van der Waals surface area contributed by atoms with E-state index in [-0.39, 0.29) is 0 Å². The topological polar surface area (TPSA) is 27.6 Å². The van der Waals surface area contributed by atoms with Crippen LogP contribution in [-0.4, -0.2) is 36.5 Å². The van der Waals surface area contributed by atoms with Crippen LogP contribution < -0.4 is 5.32 Å². The van der Waals surface area contributed by atoms with Gasteiger partial charge in [0, 0.05) is 13.0 Å².